The van der Waals surface area contributed by atoms with Gasteiger partial charge in [0.05, 0.1) is 11.4 Å². The van der Waals surface area contributed by atoms with Crippen LogP contribution >= 0.6 is 0 Å². The molecule has 2 aromatic rings. The van der Waals surface area contributed by atoms with E-state index in [1.54, 1.807) is 24.3 Å². The summed E-state index contributed by atoms with van der Waals surface area (Å²) in [6, 6.07) is 13.8. The molecule has 0 amide bonds. The Bertz CT molecular complexity index is 696. The van der Waals surface area contributed by atoms with Crippen LogP contribution in [-0.4, -0.2) is 15.5 Å². The Balaban J connectivity index is 2.52. The Labute approximate surface area is 113 Å². The molecule has 0 spiro atoms. The minimum atomic E-state index is -3.64. The van der Waals surface area contributed by atoms with E-state index in [0.717, 1.165) is 5.56 Å². The van der Waals surface area contributed by atoms with Crippen molar-refractivity contribution >= 4 is 21.4 Å². The Kier molecular flexibility index (Phi) is 3.48. The van der Waals surface area contributed by atoms with E-state index >= 15 is 0 Å². The topological polar surface area (TPSA) is 63.4 Å². The highest BCUT2D eigenvalue weighted by atomic mass is 32.2. The molecular weight excluding hydrogens is 260 g/mol. The number of rotatable bonds is 3. The molecule has 2 rings (SSSR count). The number of nitrogens with zero attached hydrogens (tertiary/aromatic N) is 1. The number of hydrogen-bond acceptors (Lipinski definition) is 3. The number of para-hydroxylation sites is 2. The van der Waals surface area contributed by atoms with Crippen molar-refractivity contribution in [1.82, 2.24) is 0 Å². The number of nitrogen functional groups attached to an aromatic ring is 1. The first-order valence-corrected chi connectivity index (χ1v) is 7.27. The third-order valence-corrected chi connectivity index (χ3v) is 4.86. The van der Waals surface area contributed by atoms with Crippen molar-refractivity contribution in [1.29, 1.82) is 0 Å². The van der Waals surface area contributed by atoms with Gasteiger partial charge < -0.3 is 5.73 Å². The highest BCUT2D eigenvalue weighted by molar-refractivity contribution is 7.93. The van der Waals surface area contributed by atoms with Crippen molar-refractivity contribution in [2.45, 2.75) is 11.8 Å². The Morgan fingerprint density at radius 1 is 1.00 bits per heavy atom. The summed E-state index contributed by atoms with van der Waals surface area (Å²) in [4.78, 5) is 0.126. The van der Waals surface area contributed by atoms with Gasteiger partial charge in [-0.1, -0.05) is 30.3 Å². The van der Waals surface area contributed by atoms with Gasteiger partial charge in [0, 0.05) is 7.05 Å². The molecule has 0 bridgehead atoms. The fraction of sp³-hybridized carbons (Fsp3) is 0.143. The summed E-state index contributed by atoms with van der Waals surface area (Å²) in [7, 11) is -2.11. The summed E-state index contributed by atoms with van der Waals surface area (Å²) < 4.78 is 26.4. The van der Waals surface area contributed by atoms with Crippen LogP contribution in [0.4, 0.5) is 11.4 Å². The normalized spacial score (nSPS) is 11.3. The number of anilines is 2. The van der Waals surface area contributed by atoms with Crippen LogP contribution in [0, 0.1) is 6.92 Å². The summed E-state index contributed by atoms with van der Waals surface area (Å²) in [5, 5.41) is 0. The molecule has 0 radical (unpaired) electrons. The Hall–Kier alpha value is -2.01. The number of benzene rings is 2. The summed E-state index contributed by atoms with van der Waals surface area (Å²) in [6.45, 7) is 1.87. The van der Waals surface area contributed by atoms with Gasteiger partial charge in [-0.05, 0) is 30.7 Å². The molecule has 0 heterocycles. The minimum absolute atomic E-state index is 0.126. The summed E-state index contributed by atoms with van der Waals surface area (Å²) >= 11 is 0. The fourth-order valence-corrected chi connectivity index (χ4v) is 3.28. The van der Waals surface area contributed by atoms with E-state index in [9.17, 15) is 8.42 Å². The number of sulfonamides is 1. The van der Waals surface area contributed by atoms with Crippen LogP contribution < -0.4 is 10.0 Å². The summed E-state index contributed by atoms with van der Waals surface area (Å²) in [5.74, 6) is 0. The molecule has 0 aliphatic heterocycles. The van der Waals surface area contributed by atoms with Gasteiger partial charge in [-0.3, -0.25) is 4.31 Å². The van der Waals surface area contributed by atoms with Crippen LogP contribution in [0.25, 0.3) is 0 Å². The fourth-order valence-electron chi connectivity index (χ4n) is 1.91. The smallest absolute Gasteiger partial charge is 0.266 e. The van der Waals surface area contributed by atoms with Gasteiger partial charge in [0.15, 0.2) is 0 Å². The van der Waals surface area contributed by atoms with Crippen molar-refractivity contribution < 1.29 is 8.42 Å². The lowest BCUT2D eigenvalue weighted by Crippen LogP contribution is -2.27. The molecule has 4 nitrogen and oxygen atoms in total. The quantitative estimate of drug-likeness (QED) is 0.876. The van der Waals surface area contributed by atoms with Gasteiger partial charge in [0.1, 0.15) is 4.90 Å². The molecule has 0 unspecified atom stereocenters. The lowest BCUT2D eigenvalue weighted by atomic mass is 10.2. The highest BCUT2D eigenvalue weighted by Crippen LogP contribution is 2.27. The zero-order valence-electron chi connectivity index (χ0n) is 10.9. The molecule has 0 fully saturated rings. The van der Waals surface area contributed by atoms with Gasteiger partial charge in [-0.2, -0.15) is 0 Å². The van der Waals surface area contributed by atoms with Gasteiger partial charge >= 0.3 is 0 Å². The molecule has 0 saturated carbocycles. The maximum atomic E-state index is 12.6. The largest absolute Gasteiger partial charge is 0.398 e. The van der Waals surface area contributed by atoms with Crippen molar-refractivity contribution in [3.8, 4) is 0 Å². The predicted octanol–water partition coefficient (Wildman–Crippen LogP) is 2.40. The molecule has 0 saturated heterocycles. The second-order valence-corrected chi connectivity index (χ2v) is 6.23. The van der Waals surface area contributed by atoms with Gasteiger partial charge in [0.25, 0.3) is 10.0 Å². The first-order chi connectivity index (χ1) is 8.94. The monoisotopic (exact) mass is 276 g/mol. The number of hydrogen-bond donors (Lipinski definition) is 1. The van der Waals surface area contributed by atoms with E-state index in [2.05, 4.69) is 0 Å². The Morgan fingerprint density at radius 3 is 2.21 bits per heavy atom. The van der Waals surface area contributed by atoms with E-state index in [0.29, 0.717) is 5.69 Å². The molecule has 5 heteroatoms. The van der Waals surface area contributed by atoms with E-state index < -0.39 is 10.0 Å². The number of aryl methyl sites for hydroxylation is 1. The van der Waals surface area contributed by atoms with E-state index in [4.69, 9.17) is 5.73 Å². The van der Waals surface area contributed by atoms with E-state index in [-0.39, 0.29) is 10.6 Å². The molecule has 2 aromatic carbocycles. The molecule has 0 aromatic heterocycles. The Morgan fingerprint density at radius 2 is 1.58 bits per heavy atom. The zero-order valence-corrected chi connectivity index (χ0v) is 11.7. The van der Waals surface area contributed by atoms with Crippen LogP contribution in [0.5, 0.6) is 0 Å². The van der Waals surface area contributed by atoms with Crippen molar-refractivity contribution in [2.24, 2.45) is 0 Å². The lowest BCUT2D eigenvalue weighted by Gasteiger charge is -2.22. The molecule has 100 valence electrons. The maximum absolute atomic E-state index is 12.6. The van der Waals surface area contributed by atoms with Gasteiger partial charge in [-0.15, -0.1) is 0 Å². The van der Waals surface area contributed by atoms with E-state index in [1.165, 1.54) is 17.4 Å². The average molecular weight is 276 g/mol. The third kappa shape index (κ3) is 2.42. The standard InChI is InChI=1S/C14H16N2O2S/c1-11-7-3-5-9-13(11)16(2)19(17,18)14-10-6-4-8-12(14)15/h3-10H,15H2,1-2H3. The zero-order chi connectivity index (χ0) is 14.0. The van der Waals surface area contributed by atoms with Crippen molar-refractivity contribution in [2.75, 3.05) is 17.1 Å². The second kappa shape index (κ2) is 4.93. The summed E-state index contributed by atoms with van der Waals surface area (Å²) in [5.41, 5.74) is 7.54. The van der Waals surface area contributed by atoms with Crippen LogP contribution in [0.3, 0.4) is 0 Å². The summed E-state index contributed by atoms with van der Waals surface area (Å²) in [6.07, 6.45) is 0. The lowest BCUT2D eigenvalue weighted by molar-refractivity contribution is 0.594. The van der Waals surface area contributed by atoms with Crippen LogP contribution in [0.2, 0.25) is 0 Å². The van der Waals surface area contributed by atoms with Crippen molar-refractivity contribution in [3.05, 3.63) is 54.1 Å². The molecular formula is C14H16N2O2S. The predicted molar refractivity (Wildman–Crippen MR) is 77.6 cm³/mol. The maximum Gasteiger partial charge on any atom is 0.266 e. The van der Waals surface area contributed by atoms with Crippen LogP contribution in [0.1, 0.15) is 5.56 Å². The SMILES string of the molecule is Cc1ccccc1N(C)S(=O)(=O)c1ccccc1N. The third-order valence-electron chi connectivity index (χ3n) is 3.01. The molecule has 0 atom stereocenters. The molecule has 0 aliphatic carbocycles. The van der Waals surface area contributed by atoms with E-state index in [1.807, 2.05) is 25.1 Å². The van der Waals surface area contributed by atoms with Gasteiger partial charge in [0.2, 0.25) is 0 Å². The molecule has 0 aliphatic rings. The van der Waals surface area contributed by atoms with Crippen molar-refractivity contribution in [3.63, 3.8) is 0 Å². The van der Waals surface area contributed by atoms with Gasteiger partial charge in [-0.25, -0.2) is 8.42 Å². The second-order valence-electron chi connectivity index (χ2n) is 4.30. The highest BCUT2D eigenvalue weighted by Gasteiger charge is 2.24. The molecule has 19 heavy (non-hydrogen) atoms. The first-order valence-electron chi connectivity index (χ1n) is 5.83. The first kappa shape index (κ1) is 13.4. The van der Waals surface area contributed by atoms with Crippen LogP contribution in [-0.2, 0) is 10.0 Å². The minimum Gasteiger partial charge on any atom is -0.398 e. The van der Waals surface area contributed by atoms with Crippen LogP contribution in [0.15, 0.2) is 53.4 Å². The number of nitrogens with two attached hydrogens (primary N) is 1. The molecule has 2 N–H and O–H groups in total. The average Bonchev–Trinajstić information content (AvgIpc) is 2.39.